The van der Waals surface area contributed by atoms with Gasteiger partial charge in [-0.25, -0.2) is 4.98 Å². The molecule has 1 aliphatic heterocycles. The van der Waals surface area contributed by atoms with E-state index in [1.807, 2.05) is 49.4 Å². The smallest absolute Gasteiger partial charge is 0.231 e. The number of amides is 1. The average molecular weight is 343 g/mol. The highest BCUT2D eigenvalue weighted by molar-refractivity contribution is 5.95. The molecule has 0 radical (unpaired) electrons. The van der Waals surface area contributed by atoms with Crippen molar-refractivity contribution in [2.24, 2.45) is 0 Å². The monoisotopic (exact) mass is 343 g/mol. The lowest BCUT2D eigenvalue weighted by atomic mass is 9.86. The van der Waals surface area contributed by atoms with Crippen LogP contribution in [0.2, 0.25) is 0 Å². The highest BCUT2D eigenvalue weighted by atomic mass is 16.1. The first-order chi connectivity index (χ1) is 12.7. The molecule has 2 N–H and O–H groups in total. The van der Waals surface area contributed by atoms with Crippen molar-refractivity contribution in [3.8, 4) is 5.95 Å². The third-order valence-electron chi connectivity index (χ3n) is 4.88. The maximum atomic E-state index is 12.4. The molecule has 1 aliphatic rings. The summed E-state index contributed by atoms with van der Waals surface area (Å²) in [5.41, 5.74) is 4.87. The molecule has 0 spiro atoms. The first kappa shape index (κ1) is 14.9. The van der Waals surface area contributed by atoms with E-state index in [1.54, 1.807) is 4.68 Å². The normalized spacial score (nSPS) is 16.5. The highest BCUT2D eigenvalue weighted by Gasteiger charge is 2.33. The Kier molecular flexibility index (Phi) is 3.18. The first-order valence-electron chi connectivity index (χ1n) is 8.60. The highest BCUT2D eigenvalue weighted by Crippen LogP contribution is 2.39. The lowest BCUT2D eigenvalue weighted by Crippen LogP contribution is -2.25. The largest absolute Gasteiger partial charge is 0.322 e. The van der Waals surface area contributed by atoms with E-state index in [2.05, 4.69) is 32.5 Å². The van der Waals surface area contributed by atoms with Crippen molar-refractivity contribution in [2.75, 3.05) is 5.32 Å². The molecular weight excluding hydrogens is 326 g/mol. The van der Waals surface area contributed by atoms with E-state index in [1.165, 1.54) is 0 Å². The number of aromatic amines is 1. The van der Waals surface area contributed by atoms with Gasteiger partial charge in [-0.2, -0.15) is 9.78 Å². The van der Waals surface area contributed by atoms with Crippen molar-refractivity contribution in [3.63, 3.8) is 0 Å². The fourth-order valence-electron chi connectivity index (χ4n) is 3.71. The van der Waals surface area contributed by atoms with Gasteiger partial charge in [-0.15, -0.1) is 0 Å². The maximum Gasteiger partial charge on any atom is 0.231 e. The predicted octanol–water partition coefficient (Wildman–Crippen LogP) is 3.53. The number of hydrogen-bond donors (Lipinski definition) is 2. The van der Waals surface area contributed by atoms with Gasteiger partial charge in [0.05, 0.1) is 16.7 Å². The second-order valence-corrected chi connectivity index (χ2v) is 6.55. The Balaban J connectivity index is 1.69. The molecule has 1 amide bonds. The van der Waals surface area contributed by atoms with Crippen LogP contribution in [-0.4, -0.2) is 25.7 Å². The number of rotatable bonds is 2. The molecule has 5 rings (SSSR count). The third kappa shape index (κ3) is 2.23. The van der Waals surface area contributed by atoms with Gasteiger partial charge in [0.2, 0.25) is 11.9 Å². The molecule has 3 heterocycles. The number of anilines is 1. The molecule has 0 fully saturated rings. The molecule has 4 aromatic rings. The van der Waals surface area contributed by atoms with Gasteiger partial charge in [-0.05, 0) is 24.6 Å². The van der Waals surface area contributed by atoms with Crippen LogP contribution in [0.5, 0.6) is 0 Å². The van der Waals surface area contributed by atoms with E-state index in [0.717, 1.165) is 27.9 Å². The molecule has 0 unspecified atom stereocenters. The predicted molar refractivity (Wildman–Crippen MR) is 99.5 cm³/mol. The van der Waals surface area contributed by atoms with Gasteiger partial charge < -0.3 is 10.3 Å². The maximum absolute atomic E-state index is 12.4. The van der Waals surface area contributed by atoms with Crippen LogP contribution in [0.25, 0.3) is 17.0 Å². The molecular formula is C20H17N5O. The second kappa shape index (κ2) is 5.56. The minimum Gasteiger partial charge on any atom is -0.322 e. The number of carbonyl (C=O) groups is 1. The van der Waals surface area contributed by atoms with Gasteiger partial charge in [0.25, 0.3) is 0 Å². The van der Waals surface area contributed by atoms with Gasteiger partial charge in [0.1, 0.15) is 5.82 Å². The van der Waals surface area contributed by atoms with Gasteiger partial charge in [0.15, 0.2) is 0 Å². The Morgan fingerprint density at radius 1 is 1.08 bits per heavy atom. The van der Waals surface area contributed by atoms with E-state index in [9.17, 15) is 4.79 Å². The number of carbonyl (C=O) groups excluding carboxylic acids is 1. The van der Waals surface area contributed by atoms with E-state index < -0.39 is 0 Å². The van der Waals surface area contributed by atoms with E-state index in [-0.39, 0.29) is 11.8 Å². The Morgan fingerprint density at radius 2 is 1.85 bits per heavy atom. The summed E-state index contributed by atoms with van der Waals surface area (Å²) in [4.78, 5) is 20.3. The minimum atomic E-state index is -0.0105. The summed E-state index contributed by atoms with van der Waals surface area (Å²) in [7, 11) is 0. The molecule has 128 valence electrons. The molecule has 0 aliphatic carbocycles. The van der Waals surface area contributed by atoms with Crippen LogP contribution in [0.15, 0.2) is 54.6 Å². The molecule has 0 saturated carbocycles. The van der Waals surface area contributed by atoms with Crippen molar-refractivity contribution >= 4 is 22.8 Å². The number of aromatic nitrogens is 4. The van der Waals surface area contributed by atoms with Crippen molar-refractivity contribution in [3.05, 3.63) is 71.4 Å². The standard InChI is InChI=1S/C20H17N5O/c1-12-18-14(13-7-3-2-4-8-13)11-17(26)23-19(18)25(24-12)20-21-15-9-5-6-10-16(15)22-20/h2-10,14H,11H2,1H3,(H,21,22)(H,23,26)/t14-/m1/s1. The molecule has 6 heteroatoms. The van der Waals surface area contributed by atoms with Crippen molar-refractivity contribution in [2.45, 2.75) is 19.3 Å². The Morgan fingerprint density at radius 3 is 2.65 bits per heavy atom. The summed E-state index contributed by atoms with van der Waals surface area (Å²) in [6, 6.07) is 17.9. The zero-order valence-corrected chi connectivity index (χ0v) is 14.2. The molecule has 6 nitrogen and oxygen atoms in total. The fourth-order valence-corrected chi connectivity index (χ4v) is 3.71. The number of H-pyrrole nitrogens is 1. The summed E-state index contributed by atoms with van der Waals surface area (Å²) in [5, 5.41) is 7.67. The fraction of sp³-hybridized carbons (Fsp3) is 0.150. The first-order valence-corrected chi connectivity index (χ1v) is 8.60. The Labute approximate surface area is 149 Å². The summed E-state index contributed by atoms with van der Waals surface area (Å²) < 4.78 is 1.71. The van der Waals surface area contributed by atoms with Gasteiger partial charge in [-0.3, -0.25) is 4.79 Å². The number of para-hydroxylation sites is 2. The van der Waals surface area contributed by atoms with Crippen LogP contribution in [0.4, 0.5) is 5.82 Å². The SMILES string of the molecule is Cc1nn(-c2nc3ccccc3[nH]2)c2c1[C@@H](c1ccccc1)CC(=O)N2. The van der Waals surface area contributed by atoms with Crippen LogP contribution < -0.4 is 5.32 Å². The number of hydrogen-bond acceptors (Lipinski definition) is 3. The van der Waals surface area contributed by atoms with Gasteiger partial charge in [-0.1, -0.05) is 42.5 Å². The number of aryl methyl sites for hydroxylation is 1. The van der Waals surface area contributed by atoms with Crippen LogP contribution in [-0.2, 0) is 4.79 Å². The summed E-state index contributed by atoms with van der Waals surface area (Å²) in [6.07, 6.45) is 0.420. The molecule has 2 aromatic heterocycles. The molecule has 1 atom stereocenters. The van der Waals surface area contributed by atoms with Crippen LogP contribution >= 0.6 is 0 Å². The molecule has 26 heavy (non-hydrogen) atoms. The summed E-state index contributed by atoms with van der Waals surface area (Å²) >= 11 is 0. The van der Waals surface area contributed by atoms with Crippen molar-refractivity contribution in [1.29, 1.82) is 0 Å². The van der Waals surface area contributed by atoms with E-state index in [0.29, 0.717) is 18.2 Å². The summed E-state index contributed by atoms with van der Waals surface area (Å²) in [6.45, 7) is 1.98. The van der Waals surface area contributed by atoms with Crippen LogP contribution in [0.3, 0.4) is 0 Å². The zero-order chi connectivity index (χ0) is 17.7. The topological polar surface area (TPSA) is 75.6 Å². The van der Waals surface area contributed by atoms with Crippen LogP contribution in [0.1, 0.15) is 29.2 Å². The van der Waals surface area contributed by atoms with Gasteiger partial charge in [0, 0.05) is 17.9 Å². The van der Waals surface area contributed by atoms with E-state index in [4.69, 9.17) is 0 Å². The Bertz CT molecular complexity index is 1090. The van der Waals surface area contributed by atoms with E-state index >= 15 is 0 Å². The number of nitrogens with zero attached hydrogens (tertiary/aromatic N) is 3. The second-order valence-electron chi connectivity index (χ2n) is 6.55. The average Bonchev–Trinajstić information content (AvgIpc) is 3.23. The third-order valence-corrected chi connectivity index (χ3v) is 4.88. The number of imidazole rings is 1. The molecule has 2 aromatic carbocycles. The number of nitrogens with one attached hydrogen (secondary N) is 2. The van der Waals surface area contributed by atoms with Gasteiger partial charge >= 0.3 is 0 Å². The van der Waals surface area contributed by atoms with Crippen molar-refractivity contribution < 1.29 is 4.79 Å². The molecule has 0 saturated heterocycles. The number of fused-ring (bicyclic) bond motifs is 2. The minimum absolute atomic E-state index is 0.00178. The lowest BCUT2D eigenvalue weighted by Gasteiger charge is -2.24. The quantitative estimate of drug-likeness (QED) is 0.584. The number of benzene rings is 2. The van der Waals surface area contributed by atoms with Crippen LogP contribution in [0, 0.1) is 6.92 Å². The summed E-state index contributed by atoms with van der Waals surface area (Å²) in [5.74, 6) is 1.29. The van der Waals surface area contributed by atoms with Crippen molar-refractivity contribution in [1.82, 2.24) is 19.7 Å². The molecule has 0 bridgehead atoms. The lowest BCUT2D eigenvalue weighted by molar-refractivity contribution is -0.116. The Hall–Kier alpha value is -3.41. The zero-order valence-electron chi connectivity index (χ0n) is 14.2.